The normalized spacial score (nSPS) is 11.7. The summed E-state index contributed by atoms with van der Waals surface area (Å²) in [6.07, 6.45) is -7.34. The van der Waals surface area contributed by atoms with Gasteiger partial charge in [-0.1, -0.05) is 42.5 Å². The van der Waals surface area contributed by atoms with E-state index in [9.17, 15) is 35.1 Å². The zero-order valence-electron chi connectivity index (χ0n) is 22.0. The molecule has 220 valence electrons. The van der Waals surface area contributed by atoms with Crippen LogP contribution < -0.4 is 4.74 Å². The molecule has 0 aromatic heterocycles. The van der Waals surface area contributed by atoms with Crippen molar-refractivity contribution in [3.8, 4) is 39.1 Å². The minimum absolute atomic E-state index is 0.0145. The van der Waals surface area contributed by atoms with Gasteiger partial charge in [-0.3, -0.25) is 0 Å². The average molecular weight is 602 g/mol. The fourth-order valence-corrected chi connectivity index (χ4v) is 4.57. The molecule has 0 radical (unpaired) electrons. The van der Waals surface area contributed by atoms with Crippen molar-refractivity contribution in [1.29, 1.82) is 0 Å². The highest BCUT2D eigenvalue weighted by molar-refractivity contribution is 5.74. The molecule has 5 aromatic rings. The highest BCUT2D eigenvalue weighted by Gasteiger charge is 2.37. The molecular formula is C33H19F9O. The second kappa shape index (κ2) is 11.5. The number of benzene rings is 5. The molecule has 0 aliphatic carbocycles. The molecule has 0 atom stereocenters. The third kappa shape index (κ3) is 6.09. The SMILES string of the molecule is Cc1ccc(C(F)(F)Oc2ccc(-c3ccc(-c4ccc(-c5cc(F)c(C(F)F)c(F)c5)c(F)c4)c(F)c3)cc2)c(F)c1. The Morgan fingerprint density at radius 2 is 1.05 bits per heavy atom. The summed E-state index contributed by atoms with van der Waals surface area (Å²) in [7, 11) is 0. The molecule has 0 bridgehead atoms. The van der Waals surface area contributed by atoms with E-state index >= 15 is 4.39 Å². The summed E-state index contributed by atoms with van der Waals surface area (Å²) in [5.41, 5.74) is -1.61. The summed E-state index contributed by atoms with van der Waals surface area (Å²) in [4.78, 5) is 0. The quantitative estimate of drug-likeness (QED) is 0.169. The van der Waals surface area contributed by atoms with E-state index in [0.717, 1.165) is 30.3 Å². The zero-order valence-corrected chi connectivity index (χ0v) is 22.0. The predicted molar refractivity (Wildman–Crippen MR) is 143 cm³/mol. The molecule has 0 fully saturated rings. The lowest BCUT2D eigenvalue weighted by molar-refractivity contribution is -0.187. The van der Waals surface area contributed by atoms with Crippen molar-refractivity contribution in [2.75, 3.05) is 0 Å². The van der Waals surface area contributed by atoms with E-state index in [1.54, 1.807) is 6.92 Å². The van der Waals surface area contributed by atoms with Gasteiger partial charge in [0.05, 0.1) is 11.1 Å². The molecule has 0 spiro atoms. The van der Waals surface area contributed by atoms with Gasteiger partial charge in [0.25, 0.3) is 6.43 Å². The van der Waals surface area contributed by atoms with E-state index in [2.05, 4.69) is 0 Å². The van der Waals surface area contributed by atoms with Gasteiger partial charge in [-0.25, -0.2) is 30.7 Å². The van der Waals surface area contributed by atoms with Gasteiger partial charge < -0.3 is 4.74 Å². The minimum Gasteiger partial charge on any atom is -0.429 e. The van der Waals surface area contributed by atoms with Gasteiger partial charge in [-0.2, -0.15) is 8.78 Å². The van der Waals surface area contributed by atoms with E-state index in [1.807, 2.05) is 0 Å². The number of halogens is 9. The van der Waals surface area contributed by atoms with Gasteiger partial charge in [0.15, 0.2) is 0 Å². The van der Waals surface area contributed by atoms with Gasteiger partial charge in [0.1, 0.15) is 34.8 Å². The van der Waals surface area contributed by atoms with Crippen molar-refractivity contribution in [2.24, 2.45) is 0 Å². The molecule has 10 heteroatoms. The number of hydrogen-bond acceptors (Lipinski definition) is 1. The number of hydrogen-bond donors (Lipinski definition) is 0. The fourth-order valence-electron chi connectivity index (χ4n) is 4.57. The van der Waals surface area contributed by atoms with Gasteiger partial charge in [-0.15, -0.1) is 0 Å². The highest BCUT2D eigenvalue weighted by Crippen LogP contribution is 2.36. The first-order chi connectivity index (χ1) is 20.3. The number of ether oxygens (including phenoxy) is 1. The lowest BCUT2D eigenvalue weighted by atomic mass is 9.96. The smallest absolute Gasteiger partial charge is 0.429 e. The summed E-state index contributed by atoms with van der Waals surface area (Å²) >= 11 is 0. The Morgan fingerprint density at radius 1 is 0.535 bits per heavy atom. The van der Waals surface area contributed by atoms with Crippen LogP contribution in [0.1, 0.15) is 23.1 Å². The van der Waals surface area contributed by atoms with Gasteiger partial charge in [0, 0.05) is 11.1 Å². The first-order valence-electron chi connectivity index (χ1n) is 12.6. The van der Waals surface area contributed by atoms with E-state index in [-0.39, 0.29) is 28.0 Å². The van der Waals surface area contributed by atoms with Crippen LogP contribution >= 0.6 is 0 Å². The summed E-state index contributed by atoms with van der Waals surface area (Å²) in [6.45, 7) is 1.56. The molecular weight excluding hydrogens is 583 g/mol. The monoisotopic (exact) mass is 602 g/mol. The van der Waals surface area contributed by atoms with Crippen molar-refractivity contribution in [2.45, 2.75) is 19.5 Å². The number of rotatable bonds is 7. The maximum Gasteiger partial charge on any atom is 0.429 e. The molecule has 5 rings (SSSR count). The lowest BCUT2D eigenvalue weighted by Crippen LogP contribution is -2.23. The Balaban J connectivity index is 1.36. The second-order valence-corrected chi connectivity index (χ2v) is 9.67. The summed E-state index contributed by atoms with van der Waals surface area (Å²) < 4.78 is 132. The zero-order chi connectivity index (χ0) is 31.1. The van der Waals surface area contributed by atoms with Crippen LogP contribution in [-0.4, -0.2) is 0 Å². The van der Waals surface area contributed by atoms with E-state index in [0.29, 0.717) is 28.8 Å². The molecule has 0 saturated carbocycles. The second-order valence-electron chi connectivity index (χ2n) is 9.67. The first-order valence-corrected chi connectivity index (χ1v) is 12.6. The van der Waals surface area contributed by atoms with Crippen molar-refractivity contribution in [3.63, 3.8) is 0 Å². The first kappa shape index (κ1) is 29.8. The molecule has 0 heterocycles. The van der Waals surface area contributed by atoms with Crippen molar-refractivity contribution < 1.29 is 44.3 Å². The predicted octanol–water partition coefficient (Wildman–Crippen LogP) is 10.8. The van der Waals surface area contributed by atoms with Crippen LogP contribution in [0.3, 0.4) is 0 Å². The largest absolute Gasteiger partial charge is 0.429 e. The fraction of sp³-hybridized carbons (Fsp3) is 0.0909. The summed E-state index contributed by atoms with van der Waals surface area (Å²) in [5.74, 6) is -6.15. The molecule has 43 heavy (non-hydrogen) atoms. The molecule has 0 unspecified atom stereocenters. The number of aryl methyl sites for hydroxylation is 1. The Morgan fingerprint density at radius 3 is 1.60 bits per heavy atom. The molecule has 5 aromatic carbocycles. The Labute approximate surface area is 239 Å². The molecule has 0 aliphatic rings. The van der Waals surface area contributed by atoms with E-state index in [4.69, 9.17) is 4.74 Å². The van der Waals surface area contributed by atoms with Crippen molar-refractivity contribution in [1.82, 2.24) is 0 Å². The topological polar surface area (TPSA) is 9.23 Å². The van der Waals surface area contributed by atoms with E-state index in [1.165, 1.54) is 48.5 Å². The minimum atomic E-state index is -3.95. The molecule has 1 nitrogen and oxygen atoms in total. The van der Waals surface area contributed by atoms with Crippen LogP contribution in [-0.2, 0) is 6.11 Å². The molecule has 0 saturated heterocycles. The highest BCUT2D eigenvalue weighted by atomic mass is 19.3. The molecule has 0 N–H and O–H groups in total. The Hall–Kier alpha value is -4.73. The Kier molecular flexibility index (Phi) is 7.96. The Bertz CT molecular complexity index is 1790. The van der Waals surface area contributed by atoms with Gasteiger partial charge in [-0.05, 0) is 83.3 Å². The van der Waals surface area contributed by atoms with Crippen molar-refractivity contribution >= 4 is 0 Å². The third-order valence-corrected chi connectivity index (χ3v) is 6.73. The van der Waals surface area contributed by atoms with Crippen LogP contribution in [0, 0.1) is 36.0 Å². The third-order valence-electron chi connectivity index (χ3n) is 6.73. The van der Waals surface area contributed by atoms with Gasteiger partial charge >= 0.3 is 6.11 Å². The molecule has 0 amide bonds. The average Bonchev–Trinajstić information content (AvgIpc) is 2.92. The van der Waals surface area contributed by atoms with Crippen LogP contribution in [0.4, 0.5) is 39.5 Å². The van der Waals surface area contributed by atoms with Gasteiger partial charge in [0.2, 0.25) is 0 Å². The van der Waals surface area contributed by atoms with Crippen LogP contribution in [0.15, 0.2) is 91.0 Å². The van der Waals surface area contributed by atoms with Crippen molar-refractivity contribution in [3.05, 3.63) is 137 Å². The van der Waals surface area contributed by atoms with Crippen LogP contribution in [0.5, 0.6) is 5.75 Å². The molecule has 0 aliphatic heterocycles. The lowest BCUT2D eigenvalue weighted by Gasteiger charge is -2.19. The summed E-state index contributed by atoms with van der Waals surface area (Å²) in [5, 5.41) is 0. The standard InChI is InChI=1S/C33H19F9O/c1-17-2-11-25(28(36)12-17)33(41,42)43-22-7-3-18(4-8-22)19-5-9-23(26(34)13-19)20-6-10-24(27(35)14-20)21-15-29(37)31(32(39)40)30(38)16-21/h2-16,32H,1H3. The van der Waals surface area contributed by atoms with Crippen LogP contribution in [0.25, 0.3) is 33.4 Å². The summed E-state index contributed by atoms with van der Waals surface area (Å²) in [6, 6.07) is 17.0. The maximum atomic E-state index is 15.1. The number of alkyl halides is 4. The van der Waals surface area contributed by atoms with E-state index < -0.39 is 52.7 Å². The maximum absolute atomic E-state index is 15.1. The van der Waals surface area contributed by atoms with Crippen LogP contribution in [0.2, 0.25) is 0 Å².